The third-order valence-electron chi connectivity index (χ3n) is 2.31. The summed E-state index contributed by atoms with van der Waals surface area (Å²) >= 11 is 0. The van der Waals surface area contributed by atoms with Gasteiger partial charge in [0.15, 0.2) is 5.96 Å². The normalized spacial score (nSPS) is 18.5. The molecule has 0 radical (unpaired) electrons. The summed E-state index contributed by atoms with van der Waals surface area (Å²) in [6.07, 6.45) is 6.71. The summed E-state index contributed by atoms with van der Waals surface area (Å²) in [4.78, 5) is 3.96. The Morgan fingerprint density at radius 2 is 1.91 bits per heavy atom. The zero-order valence-electron chi connectivity index (χ0n) is 6.92. The summed E-state index contributed by atoms with van der Waals surface area (Å²) in [5.41, 5.74) is 10.4. The molecular formula is C8H17N3. The maximum atomic E-state index is 5.20. The highest BCUT2D eigenvalue weighted by molar-refractivity contribution is 5.75. The highest BCUT2D eigenvalue weighted by atomic mass is 15.0. The highest BCUT2D eigenvalue weighted by Crippen LogP contribution is 2.27. The Hall–Kier alpha value is -0.730. The van der Waals surface area contributed by atoms with E-state index < -0.39 is 0 Å². The Morgan fingerprint density at radius 3 is 2.45 bits per heavy atom. The fraction of sp³-hybridized carbons (Fsp3) is 0.875. The van der Waals surface area contributed by atoms with E-state index in [1.165, 1.54) is 25.7 Å². The topological polar surface area (TPSA) is 64.4 Å². The average molecular weight is 155 g/mol. The number of aliphatic imine (C=N–C) groups is 1. The standard InChI is InChI=1S/C8H17N3/c9-8(10)11-6-5-7-3-1-2-4-7/h7H,1-6H2,(H4,9,10,11). The van der Waals surface area contributed by atoms with Crippen LogP contribution in [0.5, 0.6) is 0 Å². The van der Waals surface area contributed by atoms with Gasteiger partial charge in [-0.3, -0.25) is 4.99 Å². The Bertz CT molecular complexity index is 132. The zero-order chi connectivity index (χ0) is 8.10. The van der Waals surface area contributed by atoms with Crippen LogP contribution in [0.25, 0.3) is 0 Å². The minimum atomic E-state index is 0.225. The van der Waals surface area contributed by atoms with Crippen LogP contribution < -0.4 is 11.5 Å². The smallest absolute Gasteiger partial charge is 0.185 e. The van der Waals surface area contributed by atoms with Crippen molar-refractivity contribution in [2.45, 2.75) is 32.1 Å². The molecule has 4 N–H and O–H groups in total. The average Bonchev–Trinajstić information content (AvgIpc) is 2.39. The van der Waals surface area contributed by atoms with Crippen molar-refractivity contribution in [2.24, 2.45) is 22.4 Å². The van der Waals surface area contributed by atoms with E-state index in [1.54, 1.807) is 0 Å². The largest absolute Gasteiger partial charge is 0.370 e. The van der Waals surface area contributed by atoms with Gasteiger partial charge in [0.1, 0.15) is 0 Å². The van der Waals surface area contributed by atoms with Gasteiger partial charge >= 0.3 is 0 Å². The lowest BCUT2D eigenvalue weighted by Crippen LogP contribution is -2.23. The van der Waals surface area contributed by atoms with Gasteiger partial charge in [-0.1, -0.05) is 25.7 Å². The first-order valence-electron chi connectivity index (χ1n) is 4.34. The molecule has 1 saturated carbocycles. The van der Waals surface area contributed by atoms with E-state index >= 15 is 0 Å². The van der Waals surface area contributed by atoms with Gasteiger partial charge in [-0.25, -0.2) is 0 Å². The van der Waals surface area contributed by atoms with E-state index in [1.807, 2.05) is 0 Å². The molecule has 0 bridgehead atoms. The van der Waals surface area contributed by atoms with Crippen LogP contribution in [0.4, 0.5) is 0 Å². The Morgan fingerprint density at radius 1 is 1.27 bits per heavy atom. The van der Waals surface area contributed by atoms with Crippen LogP contribution in [-0.2, 0) is 0 Å². The molecule has 1 aliphatic rings. The number of hydrogen-bond acceptors (Lipinski definition) is 1. The van der Waals surface area contributed by atoms with Crippen molar-refractivity contribution in [1.82, 2.24) is 0 Å². The van der Waals surface area contributed by atoms with Gasteiger partial charge < -0.3 is 11.5 Å². The number of nitrogens with two attached hydrogens (primary N) is 2. The van der Waals surface area contributed by atoms with Crippen molar-refractivity contribution in [3.05, 3.63) is 0 Å². The minimum Gasteiger partial charge on any atom is -0.370 e. The quantitative estimate of drug-likeness (QED) is 0.468. The SMILES string of the molecule is NC(N)=NCCC1CCCC1. The second-order valence-electron chi connectivity index (χ2n) is 3.25. The summed E-state index contributed by atoms with van der Waals surface area (Å²) in [6.45, 7) is 0.812. The Balaban J connectivity index is 2.07. The van der Waals surface area contributed by atoms with E-state index in [0.29, 0.717) is 0 Å². The number of nitrogens with zero attached hydrogens (tertiary/aromatic N) is 1. The summed E-state index contributed by atoms with van der Waals surface area (Å²) in [5, 5.41) is 0. The number of hydrogen-bond donors (Lipinski definition) is 2. The van der Waals surface area contributed by atoms with Crippen LogP contribution in [0.15, 0.2) is 4.99 Å². The Labute approximate surface area is 67.9 Å². The molecule has 0 saturated heterocycles. The van der Waals surface area contributed by atoms with Crippen LogP contribution in [0.1, 0.15) is 32.1 Å². The molecule has 64 valence electrons. The van der Waals surface area contributed by atoms with E-state index in [0.717, 1.165) is 18.9 Å². The maximum Gasteiger partial charge on any atom is 0.185 e. The van der Waals surface area contributed by atoms with Crippen LogP contribution >= 0.6 is 0 Å². The van der Waals surface area contributed by atoms with Crippen molar-refractivity contribution < 1.29 is 0 Å². The number of guanidine groups is 1. The molecule has 1 fully saturated rings. The molecule has 0 spiro atoms. The lowest BCUT2D eigenvalue weighted by molar-refractivity contribution is 0.512. The maximum absolute atomic E-state index is 5.20. The summed E-state index contributed by atoms with van der Waals surface area (Å²) in [5.74, 6) is 1.11. The first-order valence-corrected chi connectivity index (χ1v) is 4.34. The lowest BCUT2D eigenvalue weighted by atomic mass is 10.1. The minimum absolute atomic E-state index is 0.225. The summed E-state index contributed by atoms with van der Waals surface area (Å²) in [6, 6.07) is 0. The first-order chi connectivity index (χ1) is 5.29. The van der Waals surface area contributed by atoms with Gasteiger partial charge in [0.2, 0.25) is 0 Å². The molecule has 1 aliphatic carbocycles. The molecular weight excluding hydrogens is 138 g/mol. The predicted octanol–water partition coefficient (Wildman–Crippen LogP) is 0.840. The second-order valence-corrected chi connectivity index (χ2v) is 3.25. The monoisotopic (exact) mass is 155 g/mol. The molecule has 0 atom stereocenters. The van der Waals surface area contributed by atoms with E-state index in [-0.39, 0.29) is 5.96 Å². The van der Waals surface area contributed by atoms with Crippen LogP contribution in [0.2, 0.25) is 0 Å². The molecule has 11 heavy (non-hydrogen) atoms. The van der Waals surface area contributed by atoms with Gasteiger partial charge in [0, 0.05) is 6.54 Å². The van der Waals surface area contributed by atoms with Crippen molar-refractivity contribution in [3.63, 3.8) is 0 Å². The molecule has 0 unspecified atom stereocenters. The summed E-state index contributed by atoms with van der Waals surface area (Å²) in [7, 11) is 0. The Kier molecular flexibility index (Phi) is 3.20. The van der Waals surface area contributed by atoms with Crippen LogP contribution in [0, 0.1) is 5.92 Å². The lowest BCUT2D eigenvalue weighted by Gasteiger charge is -2.04. The van der Waals surface area contributed by atoms with Gasteiger partial charge in [-0.15, -0.1) is 0 Å². The van der Waals surface area contributed by atoms with E-state index in [4.69, 9.17) is 11.5 Å². The van der Waals surface area contributed by atoms with Crippen molar-refractivity contribution in [3.8, 4) is 0 Å². The molecule has 0 amide bonds. The van der Waals surface area contributed by atoms with Crippen molar-refractivity contribution in [2.75, 3.05) is 6.54 Å². The van der Waals surface area contributed by atoms with Crippen LogP contribution in [-0.4, -0.2) is 12.5 Å². The van der Waals surface area contributed by atoms with Crippen LogP contribution in [0.3, 0.4) is 0 Å². The third kappa shape index (κ3) is 3.25. The van der Waals surface area contributed by atoms with E-state index in [2.05, 4.69) is 4.99 Å². The third-order valence-corrected chi connectivity index (χ3v) is 2.31. The molecule has 0 aromatic heterocycles. The van der Waals surface area contributed by atoms with Gasteiger partial charge in [0.05, 0.1) is 0 Å². The summed E-state index contributed by atoms with van der Waals surface area (Å²) < 4.78 is 0. The molecule has 0 aromatic carbocycles. The molecule has 0 heterocycles. The number of rotatable bonds is 3. The molecule has 0 aliphatic heterocycles. The van der Waals surface area contributed by atoms with Crippen molar-refractivity contribution in [1.29, 1.82) is 0 Å². The molecule has 1 rings (SSSR count). The first kappa shape index (κ1) is 8.37. The molecule has 3 heteroatoms. The van der Waals surface area contributed by atoms with Gasteiger partial charge in [-0.05, 0) is 12.3 Å². The highest BCUT2D eigenvalue weighted by Gasteiger charge is 2.13. The van der Waals surface area contributed by atoms with Gasteiger partial charge in [-0.2, -0.15) is 0 Å². The van der Waals surface area contributed by atoms with Crippen molar-refractivity contribution >= 4 is 5.96 Å². The molecule has 0 aromatic rings. The predicted molar refractivity (Wildman–Crippen MR) is 47.3 cm³/mol. The fourth-order valence-electron chi connectivity index (χ4n) is 1.68. The van der Waals surface area contributed by atoms with Gasteiger partial charge in [0.25, 0.3) is 0 Å². The molecule has 3 nitrogen and oxygen atoms in total. The second kappa shape index (κ2) is 4.21. The fourth-order valence-corrected chi connectivity index (χ4v) is 1.68. The van der Waals surface area contributed by atoms with E-state index in [9.17, 15) is 0 Å². The zero-order valence-corrected chi connectivity index (χ0v) is 6.92.